The predicted octanol–water partition coefficient (Wildman–Crippen LogP) is 1.63. The molecule has 0 aliphatic carbocycles. The van der Waals surface area contributed by atoms with Gasteiger partial charge in [0.25, 0.3) is 5.91 Å². The number of hydrogen-bond donors (Lipinski definition) is 1. The number of nitrogens with zero attached hydrogens (tertiary/aromatic N) is 3. The van der Waals surface area contributed by atoms with Gasteiger partial charge in [-0.2, -0.15) is 5.10 Å². The van der Waals surface area contributed by atoms with Crippen molar-refractivity contribution in [2.45, 2.75) is 19.9 Å². The smallest absolute Gasteiger partial charge is 0.335 e. The number of carbonyl (C=O) groups excluding carboxylic acids is 1. The Morgan fingerprint density at radius 3 is 2.68 bits per heavy atom. The average molecular weight is 299 g/mol. The van der Waals surface area contributed by atoms with Crippen molar-refractivity contribution in [1.29, 1.82) is 0 Å². The summed E-state index contributed by atoms with van der Waals surface area (Å²) in [4.78, 5) is 25.4. The number of aromatic carboxylic acids is 1. The summed E-state index contributed by atoms with van der Waals surface area (Å²) in [6.45, 7) is 2.88. The molecule has 114 valence electrons. The minimum Gasteiger partial charge on any atom is -0.478 e. The number of hydrogen-bond acceptors (Lipinski definition) is 3. The average Bonchev–Trinajstić information content (AvgIpc) is 2.84. The van der Waals surface area contributed by atoms with Crippen molar-refractivity contribution in [2.24, 2.45) is 7.05 Å². The van der Waals surface area contributed by atoms with Crippen molar-refractivity contribution in [1.82, 2.24) is 14.7 Å². The van der Waals surface area contributed by atoms with Gasteiger partial charge in [0.1, 0.15) is 0 Å². The number of rotatable bonds is 2. The summed E-state index contributed by atoms with van der Waals surface area (Å²) >= 11 is 0. The standard InChI is InChI=1S/C16H17N3O3/c1-10-14(9-18(2)17-10)15(20)19-6-5-11-3-4-12(16(21)22)7-13(11)8-19/h3-4,7,9H,5-6,8H2,1-2H3,(H,21,22). The lowest BCUT2D eigenvalue weighted by Crippen LogP contribution is -2.36. The molecule has 1 N–H and O–H groups in total. The Hall–Kier alpha value is -2.63. The molecule has 2 aromatic rings. The maximum atomic E-state index is 12.6. The van der Waals surface area contributed by atoms with E-state index in [1.165, 1.54) is 0 Å². The summed E-state index contributed by atoms with van der Waals surface area (Å²) in [7, 11) is 1.79. The Balaban J connectivity index is 1.87. The number of carbonyl (C=O) groups is 2. The van der Waals surface area contributed by atoms with Gasteiger partial charge in [-0.15, -0.1) is 0 Å². The molecule has 22 heavy (non-hydrogen) atoms. The molecule has 0 saturated carbocycles. The van der Waals surface area contributed by atoms with Crippen LogP contribution in [0.25, 0.3) is 0 Å². The van der Waals surface area contributed by atoms with Gasteiger partial charge < -0.3 is 10.0 Å². The van der Waals surface area contributed by atoms with Crippen LogP contribution >= 0.6 is 0 Å². The predicted molar refractivity (Wildman–Crippen MR) is 79.8 cm³/mol. The molecule has 1 aliphatic heterocycles. The number of aryl methyl sites for hydroxylation is 2. The van der Waals surface area contributed by atoms with Crippen LogP contribution in [0.2, 0.25) is 0 Å². The Morgan fingerprint density at radius 1 is 1.27 bits per heavy atom. The molecular formula is C16H17N3O3. The second-order valence-electron chi connectivity index (χ2n) is 5.57. The summed E-state index contributed by atoms with van der Waals surface area (Å²) in [5, 5.41) is 13.3. The van der Waals surface area contributed by atoms with Crippen molar-refractivity contribution in [3.8, 4) is 0 Å². The third kappa shape index (κ3) is 2.47. The summed E-state index contributed by atoms with van der Waals surface area (Å²) < 4.78 is 1.63. The zero-order valence-corrected chi connectivity index (χ0v) is 12.5. The highest BCUT2D eigenvalue weighted by Gasteiger charge is 2.24. The van der Waals surface area contributed by atoms with Crippen molar-refractivity contribution in [3.05, 3.63) is 52.3 Å². The first-order valence-electron chi connectivity index (χ1n) is 7.10. The number of benzene rings is 1. The summed E-state index contributed by atoms with van der Waals surface area (Å²) in [5.74, 6) is -1.01. The minimum absolute atomic E-state index is 0.0584. The molecular weight excluding hydrogens is 282 g/mol. The lowest BCUT2D eigenvalue weighted by molar-refractivity contribution is 0.0696. The monoisotopic (exact) mass is 299 g/mol. The highest BCUT2D eigenvalue weighted by Crippen LogP contribution is 2.22. The van der Waals surface area contributed by atoms with E-state index in [-0.39, 0.29) is 11.5 Å². The van der Waals surface area contributed by atoms with E-state index in [9.17, 15) is 9.59 Å². The van der Waals surface area contributed by atoms with Gasteiger partial charge in [0.15, 0.2) is 0 Å². The number of aromatic nitrogens is 2. The molecule has 3 rings (SSSR count). The van der Waals surface area contributed by atoms with E-state index in [1.54, 1.807) is 35.0 Å². The zero-order chi connectivity index (χ0) is 15.9. The molecule has 6 nitrogen and oxygen atoms in total. The first-order valence-corrected chi connectivity index (χ1v) is 7.10. The number of amides is 1. The van der Waals surface area contributed by atoms with Gasteiger partial charge in [-0.05, 0) is 36.6 Å². The summed E-state index contributed by atoms with van der Waals surface area (Å²) in [5.41, 5.74) is 3.57. The van der Waals surface area contributed by atoms with Crippen LogP contribution in [0.3, 0.4) is 0 Å². The van der Waals surface area contributed by atoms with E-state index in [4.69, 9.17) is 5.11 Å². The van der Waals surface area contributed by atoms with E-state index in [2.05, 4.69) is 5.10 Å². The fraction of sp³-hybridized carbons (Fsp3) is 0.312. The Morgan fingerprint density at radius 2 is 2.05 bits per heavy atom. The van der Waals surface area contributed by atoms with Crippen molar-refractivity contribution in [3.63, 3.8) is 0 Å². The van der Waals surface area contributed by atoms with Crippen LogP contribution in [-0.4, -0.2) is 38.2 Å². The highest BCUT2D eigenvalue weighted by atomic mass is 16.4. The van der Waals surface area contributed by atoms with E-state index in [0.717, 1.165) is 17.5 Å². The molecule has 0 fully saturated rings. The second-order valence-corrected chi connectivity index (χ2v) is 5.57. The van der Waals surface area contributed by atoms with E-state index >= 15 is 0 Å². The molecule has 6 heteroatoms. The third-order valence-corrected chi connectivity index (χ3v) is 4.00. The van der Waals surface area contributed by atoms with Gasteiger partial charge in [0.2, 0.25) is 0 Å². The zero-order valence-electron chi connectivity index (χ0n) is 12.5. The van der Waals surface area contributed by atoms with Gasteiger partial charge in [-0.1, -0.05) is 6.07 Å². The van der Waals surface area contributed by atoms with E-state index < -0.39 is 5.97 Å². The Kier molecular flexibility index (Phi) is 3.44. The molecule has 0 unspecified atom stereocenters. The maximum absolute atomic E-state index is 12.6. The van der Waals surface area contributed by atoms with E-state index in [1.807, 2.05) is 13.0 Å². The van der Waals surface area contributed by atoms with Crippen molar-refractivity contribution < 1.29 is 14.7 Å². The van der Waals surface area contributed by atoms with Crippen LogP contribution in [0, 0.1) is 6.92 Å². The molecule has 1 aromatic heterocycles. The Bertz CT molecular complexity index is 764. The van der Waals surface area contributed by atoms with Gasteiger partial charge >= 0.3 is 5.97 Å². The highest BCUT2D eigenvalue weighted by molar-refractivity contribution is 5.95. The molecule has 0 atom stereocenters. The quantitative estimate of drug-likeness (QED) is 0.914. The normalized spacial score (nSPS) is 13.8. The summed E-state index contributed by atoms with van der Waals surface area (Å²) in [6, 6.07) is 5.12. The fourth-order valence-electron chi connectivity index (χ4n) is 2.84. The fourth-order valence-corrected chi connectivity index (χ4v) is 2.84. The number of carboxylic acids is 1. The Labute approximate surface area is 128 Å². The van der Waals surface area contributed by atoms with Crippen LogP contribution in [0.15, 0.2) is 24.4 Å². The van der Waals surface area contributed by atoms with Gasteiger partial charge in [-0.3, -0.25) is 9.48 Å². The van der Waals surface area contributed by atoms with Crippen LogP contribution < -0.4 is 0 Å². The largest absolute Gasteiger partial charge is 0.478 e. The molecule has 0 saturated heterocycles. The van der Waals surface area contributed by atoms with Crippen LogP contribution in [0.1, 0.15) is 37.5 Å². The number of carboxylic acid groups (broad SMARTS) is 1. The lowest BCUT2D eigenvalue weighted by Gasteiger charge is -2.29. The van der Waals surface area contributed by atoms with Crippen LogP contribution in [0.4, 0.5) is 0 Å². The maximum Gasteiger partial charge on any atom is 0.335 e. The first kappa shape index (κ1) is 14.3. The van der Waals surface area contributed by atoms with Crippen molar-refractivity contribution >= 4 is 11.9 Å². The molecule has 1 aliphatic rings. The topological polar surface area (TPSA) is 75.4 Å². The first-order chi connectivity index (χ1) is 10.5. The third-order valence-electron chi connectivity index (χ3n) is 4.00. The van der Waals surface area contributed by atoms with E-state index in [0.29, 0.717) is 24.3 Å². The van der Waals surface area contributed by atoms with Crippen molar-refractivity contribution in [2.75, 3.05) is 6.54 Å². The lowest BCUT2D eigenvalue weighted by atomic mass is 9.97. The molecule has 0 radical (unpaired) electrons. The van der Waals surface area contributed by atoms with Gasteiger partial charge in [0, 0.05) is 26.3 Å². The van der Waals surface area contributed by atoms with Crippen LogP contribution in [-0.2, 0) is 20.0 Å². The SMILES string of the molecule is Cc1nn(C)cc1C(=O)N1CCc2ccc(C(=O)O)cc2C1. The van der Waals surface area contributed by atoms with Gasteiger partial charge in [-0.25, -0.2) is 4.79 Å². The molecule has 0 spiro atoms. The van der Waals surface area contributed by atoms with Gasteiger partial charge in [0.05, 0.1) is 16.8 Å². The molecule has 0 bridgehead atoms. The molecule has 1 aromatic carbocycles. The second kappa shape index (κ2) is 5.29. The number of fused-ring (bicyclic) bond motifs is 1. The minimum atomic E-state index is -0.950. The molecule has 1 amide bonds. The van der Waals surface area contributed by atoms with Crippen LogP contribution in [0.5, 0.6) is 0 Å². The summed E-state index contributed by atoms with van der Waals surface area (Å²) in [6.07, 6.45) is 2.46. The molecule has 2 heterocycles.